The number of thiol groups is 1. The predicted molar refractivity (Wildman–Crippen MR) is 179 cm³/mol. The van der Waals surface area contributed by atoms with Crippen LogP contribution >= 0.6 is 19.9 Å². The lowest BCUT2D eigenvalue weighted by atomic mass is 10.1. The van der Waals surface area contributed by atoms with Crippen molar-refractivity contribution in [3.63, 3.8) is 0 Å². The number of benzene rings is 3. The number of hydrogen-bond donors (Lipinski definition) is 3. The van der Waals surface area contributed by atoms with Gasteiger partial charge in [0.1, 0.15) is 42.0 Å². The summed E-state index contributed by atoms with van der Waals surface area (Å²) in [5.41, 5.74) is 5.79. The quantitative estimate of drug-likeness (QED) is 0.0731. The maximum Gasteiger partial charge on any atom is 0.322 e. The summed E-state index contributed by atoms with van der Waals surface area (Å²) in [5.74, 6) is -1.72. The Morgan fingerprint density at radius 3 is 1.72 bits per heavy atom. The third kappa shape index (κ3) is 12.2. The number of Topliss-reactive ketones (excluding diaryl/α,β-unsaturated/α-hetero) is 1. The van der Waals surface area contributed by atoms with Crippen LogP contribution in [-0.2, 0) is 28.7 Å². The molecule has 0 aliphatic heterocycles. The molecule has 0 aliphatic carbocycles. The molecule has 250 valence electrons. The molecule has 0 heterocycles. The van der Waals surface area contributed by atoms with Gasteiger partial charge in [0.05, 0.1) is 19.1 Å². The van der Waals surface area contributed by atoms with Gasteiger partial charge in [0, 0.05) is 18.6 Å². The van der Waals surface area contributed by atoms with Crippen LogP contribution in [-0.4, -0.2) is 60.8 Å². The van der Waals surface area contributed by atoms with Gasteiger partial charge in [-0.2, -0.15) is 12.6 Å². The molecule has 0 aliphatic rings. The fraction of sp³-hybridized carbons (Fsp3) is 0.353. The summed E-state index contributed by atoms with van der Waals surface area (Å²) < 4.78 is 10.7. The first-order chi connectivity index (χ1) is 21.3. The highest BCUT2D eigenvalue weighted by Gasteiger charge is 2.45. The Morgan fingerprint density at radius 2 is 1.26 bits per heavy atom. The lowest BCUT2D eigenvalue weighted by Gasteiger charge is -2.27. The number of esters is 2. The summed E-state index contributed by atoms with van der Waals surface area (Å²) in [7, 11) is -2.15. The molecule has 0 spiro atoms. The molecule has 0 radical (unpaired) electrons. The number of carbonyl (C=O) groups is 4. The van der Waals surface area contributed by atoms with E-state index < -0.39 is 37.2 Å². The number of amides is 1. The minimum absolute atomic E-state index is 0. The van der Waals surface area contributed by atoms with Crippen molar-refractivity contribution in [2.45, 2.75) is 51.1 Å². The highest BCUT2D eigenvalue weighted by molar-refractivity contribution is 7.95. The second-order valence-corrected chi connectivity index (χ2v) is 14.3. The highest BCUT2D eigenvalue weighted by Crippen LogP contribution is 2.54. The van der Waals surface area contributed by atoms with E-state index in [1.54, 1.807) is 0 Å². The number of halogens is 2. The maximum absolute atomic E-state index is 12.8. The fourth-order valence-electron chi connectivity index (χ4n) is 4.86. The van der Waals surface area contributed by atoms with Crippen LogP contribution in [0, 0.1) is 0 Å². The van der Waals surface area contributed by atoms with Crippen molar-refractivity contribution >= 4 is 59.4 Å². The van der Waals surface area contributed by atoms with E-state index in [1.807, 2.05) is 61.5 Å². The average Bonchev–Trinajstić information content (AvgIpc) is 3.07. The number of rotatable bonds is 18. The van der Waals surface area contributed by atoms with Crippen molar-refractivity contribution in [3.8, 4) is 0 Å². The number of carbonyl (C=O) groups excluding carboxylic acids is 4. The van der Waals surface area contributed by atoms with E-state index in [1.165, 1.54) is 15.9 Å². The molecular formula is C34H42Br2N2O6PS-. The Kier molecular flexibility index (Phi) is 19.9. The number of ether oxygens (including phenoxy) is 2. The van der Waals surface area contributed by atoms with Crippen molar-refractivity contribution in [2.24, 2.45) is 5.73 Å². The molecule has 2 atom stereocenters. The van der Waals surface area contributed by atoms with E-state index in [-0.39, 0.29) is 84.4 Å². The van der Waals surface area contributed by atoms with Gasteiger partial charge in [-0.25, -0.2) is 0 Å². The van der Waals surface area contributed by atoms with Crippen molar-refractivity contribution in [3.05, 3.63) is 91.0 Å². The van der Waals surface area contributed by atoms with Crippen LogP contribution in [0.25, 0.3) is 0 Å². The molecule has 8 nitrogen and oxygen atoms in total. The summed E-state index contributed by atoms with van der Waals surface area (Å²) in [6, 6.07) is 29.1. The molecule has 46 heavy (non-hydrogen) atoms. The van der Waals surface area contributed by atoms with E-state index in [0.717, 1.165) is 0 Å². The minimum Gasteiger partial charge on any atom is -1.00 e. The van der Waals surface area contributed by atoms with Gasteiger partial charge in [-0.3, -0.25) is 19.2 Å². The van der Waals surface area contributed by atoms with Gasteiger partial charge < -0.3 is 54.5 Å². The molecule has 0 saturated heterocycles. The van der Waals surface area contributed by atoms with Crippen molar-refractivity contribution < 1.29 is 62.6 Å². The predicted octanol–water partition coefficient (Wildman–Crippen LogP) is -2.64. The molecular weight excluding hydrogens is 755 g/mol. The summed E-state index contributed by atoms with van der Waals surface area (Å²) in [5, 5.41) is 6.19. The van der Waals surface area contributed by atoms with E-state index in [4.69, 9.17) is 15.2 Å². The summed E-state index contributed by atoms with van der Waals surface area (Å²) in [6.07, 6.45) is 1.12. The number of ketones is 1. The van der Waals surface area contributed by atoms with Crippen LogP contribution in [0.3, 0.4) is 0 Å². The molecule has 3 rings (SSSR count). The Morgan fingerprint density at radius 1 is 0.761 bits per heavy atom. The molecule has 3 N–H and O–H groups in total. The Labute approximate surface area is 298 Å². The molecule has 2 unspecified atom stereocenters. The van der Waals surface area contributed by atoms with Crippen molar-refractivity contribution in [2.75, 3.05) is 25.1 Å². The summed E-state index contributed by atoms with van der Waals surface area (Å²) in [6.45, 7) is 2.33. The zero-order chi connectivity index (χ0) is 31.8. The van der Waals surface area contributed by atoms with Crippen LogP contribution in [0.2, 0.25) is 0 Å². The van der Waals surface area contributed by atoms with Crippen LogP contribution < -0.4 is 60.9 Å². The van der Waals surface area contributed by atoms with Gasteiger partial charge in [-0.1, -0.05) is 61.5 Å². The second-order valence-electron chi connectivity index (χ2n) is 10.3. The van der Waals surface area contributed by atoms with Crippen molar-refractivity contribution in [1.29, 1.82) is 0 Å². The molecule has 1 amide bonds. The first-order valence-corrected chi connectivity index (χ1v) is 17.5. The van der Waals surface area contributed by atoms with Crippen molar-refractivity contribution in [1.82, 2.24) is 5.32 Å². The number of hydrogen-bond acceptors (Lipinski definition) is 8. The Bertz CT molecular complexity index is 1260. The zero-order valence-corrected chi connectivity index (χ0v) is 30.8. The SMILES string of the molecule is CCCOC(=O)C(N)CCC(=O)NC(CS)C(=O)CCC(=O)OCC[P+](c1ccccc1)(c1ccccc1)c1ccccc1.[Br-].[Br-]. The first kappa shape index (κ1) is 41.5. The van der Waals surface area contributed by atoms with Crippen LogP contribution in [0.4, 0.5) is 0 Å². The van der Waals surface area contributed by atoms with Gasteiger partial charge in [-0.15, -0.1) is 0 Å². The minimum atomic E-state index is -2.15. The number of nitrogens with two attached hydrogens (primary N) is 1. The smallest absolute Gasteiger partial charge is 0.322 e. The first-order valence-electron chi connectivity index (χ1n) is 14.9. The average molecular weight is 798 g/mol. The third-order valence-corrected chi connectivity index (χ3v) is 12.0. The molecule has 12 heteroatoms. The normalized spacial score (nSPS) is 12.0. The van der Waals surface area contributed by atoms with Gasteiger partial charge in [0.15, 0.2) is 5.78 Å². The number of nitrogens with one attached hydrogen (secondary N) is 1. The molecule has 3 aromatic rings. The van der Waals surface area contributed by atoms with Gasteiger partial charge in [0.2, 0.25) is 5.91 Å². The van der Waals surface area contributed by atoms with Gasteiger partial charge in [-0.05, 0) is 49.2 Å². The van der Waals surface area contributed by atoms with E-state index in [9.17, 15) is 19.2 Å². The topological polar surface area (TPSA) is 125 Å². The molecule has 0 bridgehead atoms. The summed E-state index contributed by atoms with van der Waals surface area (Å²) in [4.78, 5) is 49.8. The van der Waals surface area contributed by atoms with E-state index in [2.05, 4.69) is 54.3 Å². The monoisotopic (exact) mass is 795 g/mol. The third-order valence-electron chi connectivity index (χ3n) is 7.20. The maximum atomic E-state index is 12.8. The summed E-state index contributed by atoms with van der Waals surface area (Å²) >= 11 is 4.20. The largest absolute Gasteiger partial charge is 1.00 e. The lowest BCUT2D eigenvalue weighted by molar-refractivity contribution is -0.145. The van der Waals surface area contributed by atoms with Crippen LogP contribution in [0.5, 0.6) is 0 Å². The van der Waals surface area contributed by atoms with E-state index >= 15 is 0 Å². The zero-order valence-electron chi connectivity index (χ0n) is 25.9. The van der Waals surface area contributed by atoms with Crippen LogP contribution in [0.1, 0.15) is 39.0 Å². The second kappa shape index (κ2) is 22.1. The highest BCUT2D eigenvalue weighted by atomic mass is 79.9. The molecule has 0 saturated carbocycles. The molecule has 3 aromatic carbocycles. The molecule has 0 aromatic heterocycles. The standard InChI is InChI=1S/C34H41N2O6PS.2BrH/c1-2-22-42-34(40)29(35)18-20-32(38)36-30(25-44)31(37)19-21-33(39)41-23-24-43(26-12-6-3-7-13-26,27-14-8-4-9-15-27)28-16-10-5-11-17-28;;/h3-17,29-30H,2,18-25,35H2,1H3,(H-,36,38,44);2*1H/p-1. The fourth-order valence-corrected chi connectivity index (χ4v) is 9.23. The van der Waals surface area contributed by atoms with Crippen LogP contribution in [0.15, 0.2) is 91.0 Å². The van der Waals surface area contributed by atoms with Gasteiger partial charge >= 0.3 is 11.9 Å². The van der Waals surface area contributed by atoms with E-state index in [0.29, 0.717) is 12.6 Å². The molecule has 0 fully saturated rings. The Balaban J connectivity index is 0.00000529. The van der Waals surface area contributed by atoms with Gasteiger partial charge in [0.25, 0.3) is 0 Å². The Hall–Kier alpha value is -2.56. The lowest BCUT2D eigenvalue weighted by Crippen LogP contribution is -3.00.